The molecule has 1 heterocycles. The van der Waals surface area contributed by atoms with Crippen LogP contribution in [-0.4, -0.2) is 14.7 Å². The van der Waals surface area contributed by atoms with Gasteiger partial charge in [0.15, 0.2) is 0 Å². The molecule has 0 fully saturated rings. The topological polar surface area (TPSA) is 38.0 Å². The van der Waals surface area contributed by atoms with Gasteiger partial charge in [-0.25, -0.2) is 4.98 Å². The van der Waals surface area contributed by atoms with Crippen LogP contribution in [0.2, 0.25) is 5.02 Å². The number of nitrogens with zero attached hydrogens (tertiary/aromatic N) is 2. The first-order chi connectivity index (χ1) is 8.20. The first-order valence-electron chi connectivity index (χ1n) is 5.63. The van der Waals surface area contributed by atoms with Crippen LogP contribution in [0, 0.1) is 0 Å². The number of hydrogen-bond donors (Lipinski definition) is 1. The van der Waals surface area contributed by atoms with Crippen molar-refractivity contribution in [3.63, 3.8) is 0 Å². The third-order valence-electron chi connectivity index (χ3n) is 2.77. The fraction of sp³-hybridized carbons (Fsp3) is 0.308. The smallest absolute Gasteiger partial charge is 0.0995 e. The van der Waals surface area contributed by atoms with E-state index in [1.807, 2.05) is 35.8 Å². The van der Waals surface area contributed by atoms with Gasteiger partial charge in [-0.1, -0.05) is 23.7 Å². The maximum Gasteiger partial charge on any atom is 0.0995 e. The van der Waals surface area contributed by atoms with Gasteiger partial charge in [0.1, 0.15) is 0 Å². The van der Waals surface area contributed by atoms with E-state index >= 15 is 0 Å². The van der Waals surface area contributed by atoms with Crippen LogP contribution in [0.4, 0.5) is 0 Å². The van der Waals surface area contributed by atoms with Crippen molar-refractivity contribution in [3.8, 4) is 0 Å². The Morgan fingerprint density at radius 2 is 2.06 bits per heavy atom. The minimum absolute atomic E-state index is 0.529. The van der Waals surface area contributed by atoms with Crippen molar-refractivity contribution in [2.45, 2.75) is 26.0 Å². The molecule has 3 nitrogen and oxygen atoms in total. The van der Waals surface area contributed by atoms with E-state index < -0.39 is 6.10 Å². The summed E-state index contributed by atoms with van der Waals surface area (Å²) in [5, 5.41) is 10.9. The summed E-state index contributed by atoms with van der Waals surface area (Å²) in [6, 6.07) is 7.53. The molecule has 0 aliphatic carbocycles. The zero-order valence-corrected chi connectivity index (χ0v) is 10.4. The van der Waals surface area contributed by atoms with Crippen molar-refractivity contribution >= 4 is 11.6 Å². The number of rotatable bonds is 4. The summed E-state index contributed by atoms with van der Waals surface area (Å²) in [5.41, 5.74) is 1.91. The molecule has 1 aromatic carbocycles. The number of hydrogen-bond acceptors (Lipinski definition) is 2. The molecule has 1 unspecified atom stereocenters. The molecule has 0 aliphatic heterocycles. The van der Waals surface area contributed by atoms with Gasteiger partial charge in [0.05, 0.1) is 24.3 Å². The number of halogens is 1. The molecule has 0 amide bonds. The molecular formula is C13H15ClN2O. The second-order valence-electron chi connectivity index (χ2n) is 3.95. The predicted molar refractivity (Wildman–Crippen MR) is 68.0 cm³/mol. The molecule has 0 spiro atoms. The molecule has 0 bridgehead atoms. The zero-order valence-electron chi connectivity index (χ0n) is 9.68. The molecule has 2 aromatic rings. The van der Waals surface area contributed by atoms with E-state index in [-0.39, 0.29) is 0 Å². The van der Waals surface area contributed by atoms with E-state index in [1.54, 1.807) is 12.5 Å². The standard InChI is InChI=1S/C13H15ClN2O/c1-2-16-9-15-8-12(16)13(17)7-10-3-5-11(14)6-4-10/h3-6,8-9,13,17H,2,7H2,1H3. The molecule has 0 radical (unpaired) electrons. The summed E-state index contributed by atoms with van der Waals surface area (Å²) in [4.78, 5) is 4.05. The fourth-order valence-corrected chi connectivity index (χ4v) is 1.95. The van der Waals surface area contributed by atoms with Crippen molar-refractivity contribution in [3.05, 3.63) is 53.1 Å². The lowest BCUT2D eigenvalue weighted by Gasteiger charge is -2.12. The minimum Gasteiger partial charge on any atom is -0.386 e. The lowest BCUT2D eigenvalue weighted by atomic mass is 10.1. The number of aryl methyl sites for hydroxylation is 1. The van der Waals surface area contributed by atoms with Crippen LogP contribution < -0.4 is 0 Å². The van der Waals surface area contributed by atoms with Crippen LogP contribution in [0.25, 0.3) is 0 Å². The first-order valence-corrected chi connectivity index (χ1v) is 6.01. The number of imidazole rings is 1. The van der Waals surface area contributed by atoms with E-state index in [0.29, 0.717) is 11.4 Å². The normalized spacial score (nSPS) is 12.6. The average molecular weight is 251 g/mol. The van der Waals surface area contributed by atoms with Crippen LogP contribution in [-0.2, 0) is 13.0 Å². The van der Waals surface area contributed by atoms with Crippen LogP contribution in [0.5, 0.6) is 0 Å². The second-order valence-corrected chi connectivity index (χ2v) is 4.39. The molecule has 0 aliphatic rings. The molecular weight excluding hydrogens is 236 g/mol. The van der Waals surface area contributed by atoms with E-state index in [0.717, 1.165) is 17.8 Å². The number of aromatic nitrogens is 2. The summed E-state index contributed by atoms with van der Waals surface area (Å²) in [6.45, 7) is 2.84. The molecule has 0 saturated carbocycles. The monoisotopic (exact) mass is 250 g/mol. The highest BCUT2D eigenvalue weighted by molar-refractivity contribution is 6.30. The first kappa shape index (κ1) is 12.1. The fourth-order valence-electron chi connectivity index (χ4n) is 1.82. The Bertz CT molecular complexity index is 478. The van der Waals surface area contributed by atoms with Crippen LogP contribution >= 0.6 is 11.6 Å². The van der Waals surface area contributed by atoms with Crippen LogP contribution in [0.15, 0.2) is 36.8 Å². The molecule has 17 heavy (non-hydrogen) atoms. The summed E-state index contributed by atoms with van der Waals surface area (Å²) in [7, 11) is 0. The Kier molecular flexibility index (Phi) is 3.82. The predicted octanol–water partition coefficient (Wildman–Crippen LogP) is 2.83. The van der Waals surface area contributed by atoms with Gasteiger partial charge in [-0.3, -0.25) is 0 Å². The van der Waals surface area contributed by atoms with Crippen molar-refractivity contribution in [1.82, 2.24) is 9.55 Å². The van der Waals surface area contributed by atoms with Gasteiger partial charge in [0.25, 0.3) is 0 Å². The highest BCUT2D eigenvalue weighted by atomic mass is 35.5. The Labute approximate surface area is 106 Å². The van der Waals surface area contributed by atoms with Gasteiger partial charge in [-0.2, -0.15) is 0 Å². The molecule has 1 atom stereocenters. The van der Waals surface area contributed by atoms with Gasteiger partial charge >= 0.3 is 0 Å². The van der Waals surface area contributed by atoms with Crippen LogP contribution in [0.1, 0.15) is 24.3 Å². The Morgan fingerprint density at radius 3 is 2.71 bits per heavy atom. The minimum atomic E-state index is -0.529. The molecule has 90 valence electrons. The molecule has 4 heteroatoms. The summed E-state index contributed by atoms with van der Waals surface area (Å²) < 4.78 is 1.95. The van der Waals surface area contributed by atoms with Gasteiger partial charge < -0.3 is 9.67 Å². The van der Waals surface area contributed by atoms with E-state index in [1.165, 1.54) is 0 Å². The lowest BCUT2D eigenvalue weighted by molar-refractivity contribution is 0.169. The van der Waals surface area contributed by atoms with Crippen molar-refractivity contribution < 1.29 is 5.11 Å². The van der Waals surface area contributed by atoms with Crippen LogP contribution in [0.3, 0.4) is 0 Å². The molecule has 1 N–H and O–H groups in total. The summed E-state index contributed by atoms with van der Waals surface area (Å²) in [5.74, 6) is 0. The highest BCUT2D eigenvalue weighted by Crippen LogP contribution is 2.19. The average Bonchev–Trinajstić information content (AvgIpc) is 2.80. The van der Waals surface area contributed by atoms with Crippen molar-refractivity contribution in [2.75, 3.05) is 0 Å². The molecule has 0 saturated heterocycles. The van der Waals surface area contributed by atoms with Crippen molar-refractivity contribution in [2.24, 2.45) is 0 Å². The highest BCUT2D eigenvalue weighted by Gasteiger charge is 2.12. The number of aliphatic hydroxyl groups is 1. The molecule has 1 aromatic heterocycles. The van der Waals surface area contributed by atoms with Gasteiger partial charge in [0, 0.05) is 18.0 Å². The second kappa shape index (κ2) is 5.34. The van der Waals surface area contributed by atoms with Gasteiger partial charge in [-0.05, 0) is 24.6 Å². The Balaban J connectivity index is 2.11. The third kappa shape index (κ3) is 2.87. The number of benzene rings is 1. The van der Waals surface area contributed by atoms with Crippen molar-refractivity contribution in [1.29, 1.82) is 0 Å². The maximum absolute atomic E-state index is 10.2. The summed E-state index contributed by atoms with van der Waals surface area (Å²) in [6.07, 6.45) is 3.49. The largest absolute Gasteiger partial charge is 0.386 e. The van der Waals surface area contributed by atoms with Gasteiger partial charge in [-0.15, -0.1) is 0 Å². The SMILES string of the molecule is CCn1cncc1C(O)Cc1ccc(Cl)cc1. The van der Waals surface area contributed by atoms with E-state index in [2.05, 4.69) is 4.98 Å². The molecule has 2 rings (SSSR count). The number of aliphatic hydroxyl groups excluding tert-OH is 1. The Hall–Kier alpha value is -1.32. The third-order valence-corrected chi connectivity index (χ3v) is 3.02. The zero-order chi connectivity index (χ0) is 12.3. The van der Waals surface area contributed by atoms with E-state index in [9.17, 15) is 5.11 Å². The van der Waals surface area contributed by atoms with Gasteiger partial charge in [0.2, 0.25) is 0 Å². The maximum atomic E-state index is 10.2. The Morgan fingerprint density at radius 1 is 1.35 bits per heavy atom. The lowest BCUT2D eigenvalue weighted by Crippen LogP contribution is -2.08. The van der Waals surface area contributed by atoms with E-state index in [4.69, 9.17) is 11.6 Å². The quantitative estimate of drug-likeness (QED) is 0.906. The summed E-state index contributed by atoms with van der Waals surface area (Å²) >= 11 is 5.82.